The van der Waals surface area contributed by atoms with E-state index in [-0.39, 0.29) is 43.6 Å². The van der Waals surface area contributed by atoms with Gasteiger partial charge in [0.2, 0.25) is 17.7 Å². The molecule has 12 heteroatoms. The van der Waals surface area contributed by atoms with Gasteiger partial charge in [-0.1, -0.05) is 107 Å². The average molecular weight is 689 g/mol. The molecule has 0 spiro atoms. The van der Waals surface area contributed by atoms with Gasteiger partial charge in [-0.25, -0.2) is 14.7 Å². The summed E-state index contributed by atoms with van der Waals surface area (Å²) in [5.41, 5.74) is 8.42. The Labute approximate surface area is 294 Å². The van der Waals surface area contributed by atoms with Gasteiger partial charge in [0.05, 0.1) is 30.9 Å². The van der Waals surface area contributed by atoms with E-state index >= 15 is 0 Å². The van der Waals surface area contributed by atoms with Gasteiger partial charge in [0.1, 0.15) is 12.6 Å². The normalized spacial score (nSPS) is 15.8. The third-order valence-electron chi connectivity index (χ3n) is 9.04. The second kappa shape index (κ2) is 19.6. The lowest BCUT2D eigenvalue weighted by Crippen LogP contribution is -2.60. The maximum absolute atomic E-state index is 14.4. The van der Waals surface area contributed by atoms with Crippen molar-refractivity contribution >= 4 is 23.8 Å². The first-order valence-electron chi connectivity index (χ1n) is 17.7. The number of imide groups is 1. The largest absolute Gasteiger partial charge is 0.444 e. The number of nitrogens with zero attached hydrogens (tertiary/aromatic N) is 2. The molecule has 3 aromatic rings. The van der Waals surface area contributed by atoms with Crippen LogP contribution in [0.1, 0.15) is 75.6 Å². The highest BCUT2D eigenvalue weighted by molar-refractivity contribution is 6.00. The molecule has 1 fully saturated rings. The Hall–Kier alpha value is -4.55. The van der Waals surface area contributed by atoms with Crippen molar-refractivity contribution in [1.82, 2.24) is 25.5 Å². The molecule has 0 aliphatic heterocycles. The summed E-state index contributed by atoms with van der Waals surface area (Å²) in [6.45, 7) is 4.28. The predicted molar refractivity (Wildman–Crippen MR) is 189 cm³/mol. The van der Waals surface area contributed by atoms with Gasteiger partial charge in [0.25, 0.3) is 0 Å². The van der Waals surface area contributed by atoms with E-state index in [1.54, 1.807) is 24.3 Å². The lowest BCUT2D eigenvalue weighted by Gasteiger charge is -2.34. The summed E-state index contributed by atoms with van der Waals surface area (Å²) in [5.74, 6) is -1.32. The topological polar surface area (TPSA) is 180 Å². The Morgan fingerprint density at radius 3 is 2.26 bits per heavy atom. The summed E-state index contributed by atoms with van der Waals surface area (Å²) >= 11 is 0. The van der Waals surface area contributed by atoms with Crippen molar-refractivity contribution in [3.8, 4) is 0 Å². The maximum Gasteiger partial charge on any atom is 0.417 e. The minimum Gasteiger partial charge on any atom is -0.444 e. The molecule has 12 nitrogen and oxygen atoms in total. The molecule has 4 amide bonds. The number of benzene rings is 2. The molecule has 2 aromatic carbocycles. The van der Waals surface area contributed by atoms with Crippen molar-refractivity contribution in [2.24, 2.45) is 17.6 Å². The zero-order valence-corrected chi connectivity index (χ0v) is 29.1. The molecule has 0 saturated heterocycles. The summed E-state index contributed by atoms with van der Waals surface area (Å²) in [7, 11) is 0. The maximum atomic E-state index is 14.4. The number of aromatic nitrogens is 2. The molecule has 0 radical (unpaired) electrons. The van der Waals surface area contributed by atoms with Crippen LogP contribution in [0.5, 0.6) is 0 Å². The number of H-pyrrole nitrogens is 1. The summed E-state index contributed by atoms with van der Waals surface area (Å²) in [6, 6.07) is 14.8. The second-order valence-corrected chi connectivity index (χ2v) is 13.7. The van der Waals surface area contributed by atoms with E-state index in [0.717, 1.165) is 42.6 Å². The summed E-state index contributed by atoms with van der Waals surface area (Å²) in [4.78, 5) is 63.1. The third-order valence-corrected chi connectivity index (χ3v) is 9.04. The van der Waals surface area contributed by atoms with Gasteiger partial charge in [-0.2, -0.15) is 0 Å². The fraction of sp³-hybridized carbons (Fsp3) is 0.500. The molecule has 270 valence electrons. The number of carbonyl (C=O) groups excluding carboxylic acids is 4. The number of amides is 4. The van der Waals surface area contributed by atoms with Crippen molar-refractivity contribution in [2.75, 3.05) is 6.54 Å². The molecule has 1 aliphatic rings. The molecule has 4 rings (SSSR count). The van der Waals surface area contributed by atoms with Gasteiger partial charge < -0.3 is 31.2 Å². The highest BCUT2D eigenvalue weighted by Crippen LogP contribution is 2.29. The fourth-order valence-corrected chi connectivity index (χ4v) is 6.29. The molecule has 1 heterocycles. The van der Waals surface area contributed by atoms with Crippen LogP contribution in [0, 0.1) is 11.8 Å². The van der Waals surface area contributed by atoms with Crippen LogP contribution in [0.3, 0.4) is 0 Å². The van der Waals surface area contributed by atoms with Gasteiger partial charge in [0, 0.05) is 24.9 Å². The van der Waals surface area contributed by atoms with E-state index in [2.05, 4.69) is 20.6 Å². The average Bonchev–Trinajstić information content (AvgIpc) is 3.64. The number of hydrogen-bond acceptors (Lipinski definition) is 8. The molecule has 4 atom stereocenters. The quantitative estimate of drug-likeness (QED) is 0.141. The van der Waals surface area contributed by atoms with Crippen LogP contribution in [0.2, 0.25) is 0 Å². The fourth-order valence-electron chi connectivity index (χ4n) is 6.29. The molecule has 1 aromatic heterocycles. The van der Waals surface area contributed by atoms with Crippen molar-refractivity contribution in [3.63, 3.8) is 0 Å². The molecule has 6 N–H and O–H groups in total. The zero-order chi connectivity index (χ0) is 35.9. The van der Waals surface area contributed by atoms with Crippen molar-refractivity contribution in [1.29, 1.82) is 0 Å². The van der Waals surface area contributed by atoms with Crippen LogP contribution in [-0.4, -0.2) is 74.6 Å². The second-order valence-electron chi connectivity index (χ2n) is 13.7. The van der Waals surface area contributed by atoms with E-state index in [4.69, 9.17) is 10.5 Å². The molecule has 0 bridgehead atoms. The molecular formula is C38H52N6O6. The van der Waals surface area contributed by atoms with Crippen molar-refractivity contribution in [2.45, 2.75) is 102 Å². The van der Waals surface area contributed by atoms with Crippen LogP contribution >= 0.6 is 0 Å². The number of aromatic amines is 1. The van der Waals surface area contributed by atoms with E-state index in [1.807, 2.05) is 50.2 Å². The van der Waals surface area contributed by atoms with Crippen molar-refractivity contribution < 1.29 is 29.0 Å². The molecule has 50 heavy (non-hydrogen) atoms. The monoisotopic (exact) mass is 688 g/mol. The van der Waals surface area contributed by atoms with Crippen LogP contribution < -0.4 is 16.4 Å². The first kappa shape index (κ1) is 38.3. The van der Waals surface area contributed by atoms with Crippen LogP contribution in [0.25, 0.3) is 0 Å². The smallest absolute Gasteiger partial charge is 0.417 e. The Morgan fingerprint density at radius 1 is 0.980 bits per heavy atom. The van der Waals surface area contributed by atoms with Gasteiger partial charge in [0.15, 0.2) is 0 Å². The SMILES string of the molecule is CC(C)CNC(=O)C[C@H](O)[C@H](CC1CCCCC1)NC(=O)[C@H](Cc1cnc[nH]1)N(C(=O)OCc1ccccc1)C(=O)C(N)Cc1ccccc1. The van der Waals surface area contributed by atoms with E-state index in [1.165, 1.54) is 12.5 Å². The number of nitrogens with one attached hydrogen (secondary N) is 3. The van der Waals surface area contributed by atoms with Gasteiger partial charge in [-0.3, -0.25) is 14.4 Å². The summed E-state index contributed by atoms with van der Waals surface area (Å²) < 4.78 is 5.64. The zero-order valence-electron chi connectivity index (χ0n) is 29.1. The Kier molecular flexibility index (Phi) is 15.0. The minimum atomic E-state index is -1.41. The molecule has 1 saturated carbocycles. The van der Waals surface area contributed by atoms with E-state index in [9.17, 15) is 24.3 Å². The highest BCUT2D eigenvalue weighted by Gasteiger charge is 2.40. The number of rotatable bonds is 17. The van der Waals surface area contributed by atoms with E-state index in [0.29, 0.717) is 24.2 Å². The van der Waals surface area contributed by atoms with Crippen LogP contribution in [-0.2, 0) is 38.6 Å². The summed E-state index contributed by atoms with van der Waals surface area (Å²) in [5, 5.41) is 17.2. The number of carbonyl (C=O) groups is 4. The van der Waals surface area contributed by atoms with E-state index < -0.39 is 42.1 Å². The standard InChI is InChI=1S/C38H52N6O6/c1-26(2)22-41-35(46)21-34(45)32(19-28-14-8-4-9-15-28)43-36(47)33(20-30-23-40-25-42-30)44(38(49)50-24-29-16-10-5-11-17-29)37(48)31(39)18-27-12-6-3-7-13-27/h3,5-7,10-13,16-17,23,25-26,28,31-34,45H,4,8-9,14-15,18-22,24,39H2,1-2H3,(H,40,42)(H,41,46)(H,43,47)/t31?,32-,33-,34-/m0/s1. The summed E-state index contributed by atoms with van der Waals surface area (Å²) in [6.07, 6.45) is 6.09. The molecule has 1 aliphatic carbocycles. The Morgan fingerprint density at radius 2 is 1.64 bits per heavy atom. The van der Waals surface area contributed by atoms with Gasteiger partial charge in [-0.15, -0.1) is 0 Å². The lowest BCUT2D eigenvalue weighted by atomic mass is 9.83. The minimum absolute atomic E-state index is 0.114. The third kappa shape index (κ3) is 12.1. The predicted octanol–water partition coefficient (Wildman–Crippen LogP) is 4.03. The number of aliphatic hydroxyl groups is 1. The lowest BCUT2D eigenvalue weighted by molar-refractivity contribution is -0.140. The Balaban J connectivity index is 1.64. The number of aliphatic hydroxyl groups excluding tert-OH is 1. The number of imidazole rings is 1. The molecule has 1 unspecified atom stereocenters. The first-order valence-corrected chi connectivity index (χ1v) is 17.7. The number of ether oxygens (including phenoxy) is 1. The number of nitrogens with two attached hydrogens (primary N) is 1. The van der Waals surface area contributed by atoms with Gasteiger partial charge >= 0.3 is 6.09 Å². The van der Waals surface area contributed by atoms with Crippen molar-refractivity contribution in [3.05, 3.63) is 90.0 Å². The highest BCUT2D eigenvalue weighted by atomic mass is 16.6. The number of hydrogen-bond donors (Lipinski definition) is 5. The Bertz CT molecular complexity index is 1480. The molecular weight excluding hydrogens is 636 g/mol. The van der Waals surface area contributed by atoms with Crippen LogP contribution in [0.15, 0.2) is 73.2 Å². The van der Waals surface area contributed by atoms with Crippen LogP contribution in [0.4, 0.5) is 4.79 Å². The van der Waals surface area contributed by atoms with Gasteiger partial charge in [-0.05, 0) is 35.8 Å². The first-order chi connectivity index (χ1) is 24.1.